The molecular weight excluding hydrogens is 296 g/mol. The van der Waals surface area contributed by atoms with Gasteiger partial charge in [-0.1, -0.05) is 50.6 Å². The maximum absolute atomic E-state index is 5.77. The number of benzene rings is 1. The Bertz CT molecular complexity index is 540. The molecule has 2 aromatic rings. The van der Waals surface area contributed by atoms with E-state index in [2.05, 4.69) is 17.1 Å². The molecule has 0 saturated carbocycles. The molecule has 0 saturated heterocycles. The predicted molar refractivity (Wildman–Crippen MR) is 91.3 cm³/mol. The van der Waals surface area contributed by atoms with Crippen LogP contribution in [0.15, 0.2) is 36.4 Å². The Kier molecular flexibility index (Phi) is 7.17. The van der Waals surface area contributed by atoms with Gasteiger partial charge in [-0.3, -0.25) is 0 Å². The summed E-state index contributed by atoms with van der Waals surface area (Å²) in [6, 6.07) is 11.5. The molecule has 22 heavy (non-hydrogen) atoms. The Balaban J connectivity index is 1.74. The number of hydrogen-bond acceptors (Lipinski definition) is 3. The van der Waals surface area contributed by atoms with E-state index >= 15 is 0 Å². The van der Waals surface area contributed by atoms with Crippen molar-refractivity contribution in [1.29, 1.82) is 0 Å². The standard InChI is InChI=1S/C18H23ClN2O/c1-2-3-4-5-6-7-14-22-16-10-8-15(9-11-16)17-12-13-18(19)21-20-17/h8-13H,2-7,14H2,1H3. The van der Waals surface area contributed by atoms with Gasteiger partial charge in [0.2, 0.25) is 0 Å². The summed E-state index contributed by atoms with van der Waals surface area (Å²) >= 11 is 5.74. The van der Waals surface area contributed by atoms with E-state index in [0.717, 1.165) is 30.0 Å². The Morgan fingerprint density at radius 3 is 2.27 bits per heavy atom. The summed E-state index contributed by atoms with van der Waals surface area (Å²) in [5, 5.41) is 8.32. The molecule has 0 bridgehead atoms. The Morgan fingerprint density at radius 1 is 0.864 bits per heavy atom. The van der Waals surface area contributed by atoms with Gasteiger partial charge in [-0.05, 0) is 42.8 Å². The van der Waals surface area contributed by atoms with Crippen molar-refractivity contribution in [3.63, 3.8) is 0 Å². The van der Waals surface area contributed by atoms with Crippen LogP contribution in [0, 0.1) is 0 Å². The molecule has 0 spiro atoms. The summed E-state index contributed by atoms with van der Waals surface area (Å²) in [6.07, 6.45) is 7.65. The molecule has 0 radical (unpaired) electrons. The fraction of sp³-hybridized carbons (Fsp3) is 0.444. The molecule has 1 aromatic carbocycles. The molecule has 0 amide bonds. The smallest absolute Gasteiger partial charge is 0.151 e. The van der Waals surface area contributed by atoms with Crippen LogP contribution in [0.3, 0.4) is 0 Å². The Morgan fingerprint density at radius 2 is 1.59 bits per heavy atom. The second-order valence-electron chi connectivity index (χ2n) is 5.38. The van der Waals surface area contributed by atoms with Crippen LogP contribution in [0.25, 0.3) is 11.3 Å². The maximum Gasteiger partial charge on any atom is 0.151 e. The van der Waals surface area contributed by atoms with Crippen molar-refractivity contribution in [3.8, 4) is 17.0 Å². The van der Waals surface area contributed by atoms with Crippen LogP contribution < -0.4 is 4.74 Å². The van der Waals surface area contributed by atoms with E-state index in [4.69, 9.17) is 16.3 Å². The molecule has 4 heteroatoms. The summed E-state index contributed by atoms with van der Waals surface area (Å²) < 4.78 is 5.77. The predicted octanol–water partition coefficient (Wildman–Crippen LogP) is 5.54. The lowest BCUT2D eigenvalue weighted by Crippen LogP contribution is -1.97. The number of unbranched alkanes of at least 4 members (excludes halogenated alkanes) is 5. The van der Waals surface area contributed by atoms with E-state index in [9.17, 15) is 0 Å². The molecule has 0 aliphatic heterocycles. The molecule has 2 rings (SSSR count). The Labute approximate surface area is 137 Å². The van der Waals surface area contributed by atoms with Gasteiger partial charge in [-0.15, -0.1) is 10.2 Å². The van der Waals surface area contributed by atoms with Crippen molar-refractivity contribution in [1.82, 2.24) is 10.2 Å². The minimum atomic E-state index is 0.405. The van der Waals surface area contributed by atoms with E-state index < -0.39 is 0 Å². The van der Waals surface area contributed by atoms with Crippen molar-refractivity contribution >= 4 is 11.6 Å². The molecule has 0 atom stereocenters. The molecule has 118 valence electrons. The molecular formula is C18H23ClN2O. The van der Waals surface area contributed by atoms with Crippen molar-refractivity contribution in [2.24, 2.45) is 0 Å². The molecule has 0 fully saturated rings. The van der Waals surface area contributed by atoms with Gasteiger partial charge in [0, 0.05) is 5.56 Å². The average molecular weight is 319 g/mol. The first kappa shape index (κ1) is 16.8. The highest BCUT2D eigenvalue weighted by Crippen LogP contribution is 2.21. The third-order valence-electron chi connectivity index (χ3n) is 3.55. The number of halogens is 1. The Hall–Kier alpha value is -1.61. The van der Waals surface area contributed by atoms with Gasteiger partial charge in [0.05, 0.1) is 12.3 Å². The highest BCUT2D eigenvalue weighted by Gasteiger charge is 2.01. The highest BCUT2D eigenvalue weighted by atomic mass is 35.5. The minimum Gasteiger partial charge on any atom is -0.494 e. The van der Waals surface area contributed by atoms with Crippen molar-refractivity contribution < 1.29 is 4.74 Å². The van der Waals surface area contributed by atoms with E-state index in [1.165, 1.54) is 32.1 Å². The van der Waals surface area contributed by atoms with Gasteiger partial charge >= 0.3 is 0 Å². The largest absolute Gasteiger partial charge is 0.494 e. The van der Waals surface area contributed by atoms with Gasteiger partial charge in [-0.2, -0.15) is 0 Å². The van der Waals surface area contributed by atoms with Crippen LogP contribution in [0.1, 0.15) is 45.4 Å². The van der Waals surface area contributed by atoms with Gasteiger partial charge in [0.25, 0.3) is 0 Å². The lowest BCUT2D eigenvalue weighted by molar-refractivity contribution is 0.304. The van der Waals surface area contributed by atoms with Crippen LogP contribution in [0.2, 0.25) is 5.15 Å². The number of ether oxygens (including phenoxy) is 1. The second kappa shape index (κ2) is 9.42. The van der Waals surface area contributed by atoms with E-state index in [1.54, 1.807) is 6.07 Å². The molecule has 0 aliphatic rings. The van der Waals surface area contributed by atoms with Crippen LogP contribution >= 0.6 is 11.6 Å². The van der Waals surface area contributed by atoms with E-state index in [0.29, 0.717) is 5.15 Å². The number of rotatable bonds is 9. The monoisotopic (exact) mass is 318 g/mol. The summed E-state index contributed by atoms with van der Waals surface area (Å²) in [6.45, 7) is 3.02. The first-order valence-corrected chi connectivity index (χ1v) is 8.40. The van der Waals surface area contributed by atoms with Crippen LogP contribution in [-0.4, -0.2) is 16.8 Å². The van der Waals surface area contributed by atoms with Gasteiger partial charge in [0.15, 0.2) is 5.15 Å². The van der Waals surface area contributed by atoms with Gasteiger partial charge < -0.3 is 4.74 Å². The molecule has 1 heterocycles. The first-order valence-electron chi connectivity index (χ1n) is 8.02. The fourth-order valence-electron chi connectivity index (χ4n) is 2.26. The minimum absolute atomic E-state index is 0.405. The van der Waals surface area contributed by atoms with Crippen LogP contribution in [0.4, 0.5) is 0 Å². The number of aromatic nitrogens is 2. The molecule has 1 aromatic heterocycles. The average Bonchev–Trinajstić information content (AvgIpc) is 2.55. The summed E-state index contributed by atoms with van der Waals surface area (Å²) in [4.78, 5) is 0. The first-order chi connectivity index (χ1) is 10.8. The van der Waals surface area contributed by atoms with E-state index in [1.807, 2.05) is 30.3 Å². The summed E-state index contributed by atoms with van der Waals surface area (Å²) in [5.74, 6) is 0.902. The van der Waals surface area contributed by atoms with Crippen molar-refractivity contribution in [2.75, 3.05) is 6.61 Å². The molecule has 0 N–H and O–H groups in total. The van der Waals surface area contributed by atoms with E-state index in [-0.39, 0.29) is 0 Å². The SMILES string of the molecule is CCCCCCCCOc1ccc(-c2ccc(Cl)nn2)cc1. The topological polar surface area (TPSA) is 35.0 Å². The summed E-state index contributed by atoms with van der Waals surface area (Å²) in [5.41, 5.74) is 1.82. The third kappa shape index (κ3) is 5.64. The molecule has 0 aliphatic carbocycles. The van der Waals surface area contributed by atoms with Crippen LogP contribution in [-0.2, 0) is 0 Å². The maximum atomic E-state index is 5.77. The molecule has 3 nitrogen and oxygen atoms in total. The molecule has 0 unspecified atom stereocenters. The number of nitrogens with zero attached hydrogens (tertiary/aromatic N) is 2. The second-order valence-corrected chi connectivity index (χ2v) is 5.77. The highest BCUT2D eigenvalue weighted by molar-refractivity contribution is 6.29. The van der Waals surface area contributed by atoms with Crippen LogP contribution in [0.5, 0.6) is 5.75 Å². The van der Waals surface area contributed by atoms with Crippen molar-refractivity contribution in [3.05, 3.63) is 41.6 Å². The number of hydrogen-bond donors (Lipinski definition) is 0. The zero-order valence-corrected chi connectivity index (χ0v) is 13.9. The summed E-state index contributed by atoms with van der Waals surface area (Å²) in [7, 11) is 0. The normalized spacial score (nSPS) is 10.6. The fourth-order valence-corrected chi connectivity index (χ4v) is 2.37. The quantitative estimate of drug-likeness (QED) is 0.570. The van der Waals surface area contributed by atoms with Gasteiger partial charge in [-0.25, -0.2) is 0 Å². The zero-order chi connectivity index (χ0) is 15.6. The lowest BCUT2D eigenvalue weighted by atomic mass is 10.1. The van der Waals surface area contributed by atoms with Gasteiger partial charge in [0.1, 0.15) is 5.75 Å². The lowest BCUT2D eigenvalue weighted by Gasteiger charge is -2.07. The zero-order valence-electron chi connectivity index (χ0n) is 13.1. The van der Waals surface area contributed by atoms with Crippen molar-refractivity contribution in [2.45, 2.75) is 45.4 Å². The third-order valence-corrected chi connectivity index (χ3v) is 3.75.